The van der Waals surface area contributed by atoms with E-state index in [0.29, 0.717) is 18.2 Å². The standard InChI is InChI=1S/C41H29N3O/c42-40(34-20-18-28-10-5-7-14-31(28)24-34)44-41(29-11-2-1-3-12-29)43-26-35-15-8-16-37-39(35)36-22-21-33(25-38(36)45-37)32-19-17-27-9-4-6-13-30(27)23-32/h1-25H,26H2,(H2,42,43,44). The first-order chi connectivity index (χ1) is 22.2. The first kappa shape index (κ1) is 26.6. The highest BCUT2D eigenvalue weighted by molar-refractivity contribution is 6.12. The lowest BCUT2D eigenvalue weighted by Crippen LogP contribution is -2.16. The average molecular weight is 580 g/mol. The molecule has 0 amide bonds. The summed E-state index contributed by atoms with van der Waals surface area (Å²) in [4.78, 5) is 9.89. The van der Waals surface area contributed by atoms with Gasteiger partial charge in [0.25, 0.3) is 0 Å². The van der Waals surface area contributed by atoms with Crippen molar-refractivity contribution in [3.8, 4) is 11.1 Å². The van der Waals surface area contributed by atoms with Gasteiger partial charge in [-0.05, 0) is 68.6 Å². The van der Waals surface area contributed by atoms with E-state index in [1.807, 2.05) is 60.7 Å². The number of furan rings is 1. The molecule has 0 aliphatic carbocycles. The molecule has 4 heteroatoms. The molecule has 0 aliphatic heterocycles. The second-order valence-electron chi connectivity index (χ2n) is 11.2. The third-order valence-electron chi connectivity index (χ3n) is 8.37. The van der Waals surface area contributed by atoms with Crippen molar-refractivity contribution in [3.05, 3.63) is 168 Å². The fraction of sp³-hybridized carbons (Fsp3) is 0.0244. The normalized spacial score (nSPS) is 12.4. The minimum Gasteiger partial charge on any atom is -0.456 e. The molecule has 1 heterocycles. The topological polar surface area (TPSA) is 63.9 Å². The Hall–Kier alpha value is -6.00. The maximum atomic E-state index is 6.59. The highest BCUT2D eigenvalue weighted by atomic mass is 16.3. The molecule has 0 atom stereocenters. The molecule has 0 saturated heterocycles. The first-order valence-electron chi connectivity index (χ1n) is 15.1. The van der Waals surface area contributed by atoms with Crippen LogP contribution >= 0.6 is 0 Å². The molecule has 214 valence electrons. The largest absolute Gasteiger partial charge is 0.456 e. The van der Waals surface area contributed by atoms with Crippen molar-refractivity contribution >= 4 is 55.2 Å². The fourth-order valence-electron chi connectivity index (χ4n) is 6.05. The summed E-state index contributed by atoms with van der Waals surface area (Å²) in [6.45, 7) is 0.428. The van der Waals surface area contributed by atoms with Crippen LogP contribution in [-0.2, 0) is 6.54 Å². The van der Waals surface area contributed by atoms with Crippen LogP contribution in [0.15, 0.2) is 166 Å². The average Bonchev–Trinajstić information content (AvgIpc) is 3.48. The van der Waals surface area contributed by atoms with Crippen LogP contribution in [0.2, 0.25) is 0 Å². The van der Waals surface area contributed by atoms with E-state index in [1.165, 1.54) is 10.8 Å². The van der Waals surface area contributed by atoms with E-state index in [0.717, 1.165) is 60.5 Å². The van der Waals surface area contributed by atoms with Gasteiger partial charge in [0.1, 0.15) is 17.0 Å². The van der Waals surface area contributed by atoms with Gasteiger partial charge in [0.15, 0.2) is 5.84 Å². The lowest BCUT2D eigenvalue weighted by Gasteiger charge is -2.07. The molecule has 1 aromatic heterocycles. The molecule has 2 N–H and O–H groups in total. The van der Waals surface area contributed by atoms with Crippen molar-refractivity contribution < 1.29 is 4.42 Å². The predicted molar refractivity (Wildman–Crippen MR) is 188 cm³/mol. The molecule has 0 unspecified atom stereocenters. The molecule has 0 aliphatic rings. The fourth-order valence-corrected chi connectivity index (χ4v) is 6.05. The Kier molecular flexibility index (Phi) is 6.65. The summed E-state index contributed by atoms with van der Waals surface area (Å²) >= 11 is 0. The van der Waals surface area contributed by atoms with Gasteiger partial charge in [-0.3, -0.25) is 4.99 Å². The number of amidine groups is 2. The van der Waals surface area contributed by atoms with E-state index < -0.39 is 0 Å². The zero-order valence-electron chi connectivity index (χ0n) is 24.5. The van der Waals surface area contributed by atoms with Gasteiger partial charge in [0.2, 0.25) is 0 Å². The highest BCUT2D eigenvalue weighted by Gasteiger charge is 2.13. The second-order valence-corrected chi connectivity index (χ2v) is 11.2. The lowest BCUT2D eigenvalue weighted by atomic mass is 9.99. The summed E-state index contributed by atoms with van der Waals surface area (Å²) < 4.78 is 6.40. The summed E-state index contributed by atoms with van der Waals surface area (Å²) in [5.41, 5.74) is 13.4. The van der Waals surface area contributed by atoms with Crippen molar-refractivity contribution in [3.63, 3.8) is 0 Å². The van der Waals surface area contributed by atoms with Crippen LogP contribution in [0.5, 0.6) is 0 Å². The molecule has 0 saturated carbocycles. The second kappa shape index (κ2) is 11.3. The Morgan fingerprint density at radius 2 is 1.20 bits per heavy atom. The molecule has 0 bridgehead atoms. The van der Waals surface area contributed by atoms with E-state index in [2.05, 4.69) is 91.0 Å². The molecular weight excluding hydrogens is 550 g/mol. The van der Waals surface area contributed by atoms with Gasteiger partial charge in [0, 0.05) is 21.9 Å². The molecule has 7 aromatic carbocycles. The summed E-state index contributed by atoms with van der Waals surface area (Å²) in [5, 5.41) is 6.87. The maximum absolute atomic E-state index is 6.59. The summed E-state index contributed by atoms with van der Waals surface area (Å²) in [6.07, 6.45) is 0. The number of benzene rings is 7. The van der Waals surface area contributed by atoms with Gasteiger partial charge >= 0.3 is 0 Å². The van der Waals surface area contributed by atoms with Crippen LogP contribution in [0, 0.1) is 0 Å². The third kappa shape index (κ3) is 5.13. The molecule has 0 spiro atoms. The zero-order valence-corrected chi connectivity index (χ0v) is 24.5. The molecule has 0 radical (unpaired) electrons. The van der Waals surface area contributed by atoms with Gasteiger partial charge in [-0.1, -0.05) is 121 Å². The van der Waals surface area contributed by atoms with E-state index in [9.17, 15) is 0 Å². The number of rotatable bonds is 5. The molecule has 8 aromatic rings. The van der Waals surface area contributed by atoms with Crippen LogP contribution in [0.25, 0.3) is 54.6 Å². The van der Waals surface area contributed by atoms with Gasteiger partial charge in [0.05, 0.1) is 6.54 Å². The number of hydrogen-bond acceptors (Lipinski definition) is 2. The Labute approximate surface area is 260 Å². The maximum Gasteiger partial charge on any atom is 0.157 e. The predicted octanol–water partition coefficient (Wildman–Crippen LogP) is 9.91. The van der Waals surface area contributed by atoms with Crippen LogP contribution in [0.1, 0.15) is 16.7 Å². The number of hydrogen-bond donors (Lipinski definition) is 1. The van der Waals surface area contributed by atoms with E-state index in [4.69, 9.17) is 20.1 Å². The van der Waals surface area contributed by atoms with Crippen molar-refractivity contribution in [2.45, 2.75) is 6.54 Å². The number of aliphatic imine (C=N–C) groups is 2. The molecular formula is C41H29N3O. The SMILES string of the molecule is NC(=NC(=NCc1cccc2oc3cc(-c4ccc5ccccc5c4)ccc3c12)c1ccccc1)c1ccc2ccccc2c1. The summed E-state index contributed by atoms with van der Waals surface area (Å²) in [7, 11) is 0. The number of nitrogens with two attached hydrogens (primary N) is 1. The zero-order chi connectivity index (χ0) is 30.2. The van der Waals surface area contributed by atoms with Gasteiger partial charge in [-0.25, -0.2) is 4.99 Å². The van der Waals surface area contributed by atoms with E-state index in [-0.39, 0.29) is 0 Å². The van der Waals surface area contributed by atoms with Gasteiger partial charge < -0.3 is 10.2 Å². The van der Waals surface area contributed by atoms with Gasteiger partial charge in [-0.15, -0.1) is 0 Å². The lowest BCUT2D eigenvalue weighted by molar-refractivity contribution is 0.669. The first-order valence-corrected chi connectivity index (χ1v) is 15.1. The number of fused-ring (bicyclic) bond motifs is 5. The van der Waals surface area contributed by atoms with Crippen molar-refractivity contribution in [1.82, 2.24) is 0 Å². The summed E-state index contributed by atoms with van der Waals surface area (Å²) in [5.74, 6) is 1.01. The van der Waals surface area contributed by atoms with Crippen LogP contribution < -0.4 is 5.73 Å². The molecule has 0 fully saturated rings. The van der Waals surface area contributed by atoms with E-state index >= 15 is 0 Å². The Morgan fingerprint density at radius 1 is 0.533 bits per heavy atom. The smallest absolute Gasteiger partial charge is 0.157 e. The highest BCUT2D eigenvalue weighted by Crippen LogP contribution is 2.35. The van der Waals surface area contributed by atoms with Gasteiger partial charge in [-0.2, -0.15) is 0 Å². The quantitative estimate of drug-likeness (QED) is 0.163. The molecule has 4 nitrogen and oxygen atoms in total. The Balaban J connectivity index is 1.17. The van der Waals surface area contributed by atoms with Crippen LogP contribution in [0.3, 0.4) is 0 Å². The minimum atomic E-state index is 0.427. The Morgan fingerprint density at radius 3 is 2.00 bits per heavy atom. The molecule has 45 heavy (non-hydrogen) atoms. The van der Waals surface area contributed by atoms with E-state index in [1.54, 1.807) is 0 Å². The third-order valence-corrected chi connectivity index (χ3v) is 8.37. The molecule has 8 rings (SSSR count). The van der Waals surface area contributed by atoms with Crippen molar-refractivity contribution in [2.24, 2.45) is 15.7 Å². The van der Waals surface area contributed by atoms with Crippen LogP contribution in [-0.4, -0.2) is 11.7 Å². The minimum absolute atomic E-state index is 0.427. The van der Waals surface area contributed by atoms with Crippen molar-refractivity contribution in [1.29, 1.82) is 0 Å². The summed E-state index contributed by atoms with van der Waals surface area (Å²) in [6, 6.07) is 52.0. The Bertz CT molecular complexity index is 2420. The van der Waals surface area contributed by atoms with Crippen molar-refractivity contribution in [2.75, 3.05) is 0 Å². The monoisotopic (exact) mass is 579 g/mol. The van der Waals surface area contributed by atoms with Crippen LogP contribution in [0.4, 0.5) is 0 Å². The number of nitrogens with zero attached hydrogens (tertiary/aromatic N) is 2.